The Hall–Kier alpha value is -1.02. The van der Waals surface area contributed by atoms with Crippen molar-refractivity contribution < 1.29 is 4.74 Å². The second-order valence-electron chi connectivity index (χ2n) is 3.43. The first-order valence-electron chi connectivity index (χ1n) is 4.92. The zero-order valence-electron chi connectivity index (χ0n) is 8.95. The summed E-state index contributed by atoms with van der Waals surface area (Å²) in [4.78, 5) is 0. The molecule has 90 valence electrons. The highest BCUT2D eigenvalue weighted by molar-refractivity contribution is 9.10. The van der Waals surface area contributed by atoms with Crippen LogP contribution in [-0.4, -0.2) is 0 Å². The van der Waals surface area contributed by atoms with Crippen molar-refractivity contribution in [1.29, 1.82) is 5.26 Å². The highest BCUT2D eigenvalue weighted by atomic mass is 79.9. The fourth-order valence-electron chi connectivity index (χ4n) is 1.33. The average Bonchev–Trinajstić information content (AvgIpc) is 2.34. The van der Waals surface area contributed by atoms with E-state index in [2.05, 4.69) is 37.9 Å². The normalized spacial score (nSPS) is 9.89. The minimum Gasteiger partial charge on any atom is -0.455 e. The van der Waals surface area contributed by atoms with E-state index in [1.54, 1.807) is 30.3 Å². The maximum absolute atomic E-state index is 8.78. The van der Waals surface area contributed by atoms with Crippen LogP contribution in [-0.2, 0) is 0 Å². The standard InChI is InChI=1S/C13H6Br2ClNO/c14-9-2-4-13(11(16)6-9)18-12-3-1-8(7-17)5-10(12)15/h1-6H. The molecule has 5 heteroatoms. The zero-order chi connectivity index (χ0) is 13.1. The van der Waals surface area contributed by atoms with E-state index in [1.807, 2.05) is 6.07 Å². The molecule has 0 aliphatic heterocycles. The molecular formula is C13H6Br2ClNO. The summed E-state index contributed by atoms with van der Waals surface area (Å²) in [5.74, 6) is 1.17. The molecule has 0 spiro atoms. The smallest absolute Gasteiger partial charge is 0.146 e. The molecule has 0 fully saturated rings. The molecule has 0 saturated heterocycles. The SMILES string of the molecule is N#Cc1ccc(Oc2ccc(Br)cc2Cl)c(Br)c1. The second-order valence-corrected chi connectivity index (χ2v) is 5.61. The predicted octanol–water partition coefficient (Wildman–Crippen LogP) is 5.53. The zero-order valence-corrected chi connectivity index (χ0v) is 12.9. The number of benzene rings is 2. The lowest BCUT2D eigenvalue weighted by atomic mass is 10.2. The van der Waals surface area contributed by atoms with Gasteiger partial charge in [-0.25, -0.2) is 0 Å². The highest BCUT2D eigenvalue weighted by Crippen LogP contribution is 2.35. The number of halogens is 3. The summed E-state index contributed by atoms with van der Waals surface area (Å²) >= 11 is 12.8. The molecule has 2 aromatic rings. The van der Waals surface area contributed by atoms with Crippen LogP contribution < -0.4 is 4.74 Å². The minimum absolute atomic E-state index is 0.514. The quantitative estimate of drug-likeness (QED) is 0.679. The van der Waals surface area contributed by atoms with E-state index in [0.29, 0.717) is 26.6 Å². The molecule has 0 aromatic heterocycles. The Morgan fingerprint density at radius 1 is 1.06 bits per heavy atom. The molecule has 0 N–H and O–H groups in total. The number of nitriles is 1. The predicted molar refractivity (Wildman–Crippen MR) is 78.1 cm³/mol. The van der Waals surface area contributed by atoms with Crippen LogP contribution in [0.3, 0.4) is 0 Å². The van der Waals surface area contributed by atoms with Crippen LogP contribution in [0.4, 0.5) is 0 Å². The molecule has 0 bridgehead atoms. The monoisotopic (exact) mass is 385 g/mol. The van der Waals surface area contributed by atoms with Gasteiger partial charge in [0.05, 0.1) is 21.1 Å². The van der Waals surface area contributed by atoms with E-state index in [4.69, 9.17) is 21.6 Å². The van der Waals surface area contributed by atoms with Crippen molar-refractivity contribution in [2.45, 2.75) is 0 Å². The maximum atomic E-state index is 8.78. The first-order chi connectivity index (χ1) is 8.60. The van der Waals surface area contributed by atoms with Crippen LogP contribution in [0.1, 0.15) is 5.56 Å². The Labute approximate surface area is 126 Å². The fourth-order valence-corrected chi connectivity index (χ4v) is 2.50. The molecule has 0 aliphatic rings. The minimum atomic E-state index is 0.514. The van der Waals surface area contributed by atoms with Gasteiger partial charge in [-0.05, 0) is 52.3 Å². The van der Waals surface area contributed by atoms with Crippen LogP contribution >= 0.6 is 43.5 Å². The van der Waals surface area contributed by atoms with Crippen molar-refractivity contribution in [2.75, 3.05) is 0 Å². The van der Waals surface area contributed by atoms with Crippen molar-refractivity contribution >= 4 is 43.5 Å². The molecular weight excluding hydrogens is 381 g/mol. The first kappa shape index (κ1) is 13.4. The van der Waals surface area contributed by atoms with E-state index in [0.717, 1.165) is 4.47 Å². The number of ether oxygens (including phenoxy) is 1. The van der Waals surface area contributed by atoms with Gasteiger partial charge in [-0.15, -0.1) is 0 Å². The third kappa shape index (κ3) is 3.05. The van der Waals surface area contributed by atoms with Crippen molar-refractivity contribution in [3.63, 3.8) is 0 Å². The van der Waals surface area contributed by atoms with Gasteiger partial charge in [-0.2, -0.15) is 5.26 Å². The molecule has 0 aliphatic carbocycles. The highest BCUT2D eigenvalue weighted by Gasteiger charge is 2.07. The molecule has 18 heavy (non-hydrogen) atoms. The van der Waals surface area contributed by atoms with Crippen molar-refractivity contribution in [2.24, 2.45) is 0 Å². The van der Waals surface area contributed by atoms with Gasteiger partial charge in [0.25, 0.3) is 0 Å². The summed E-state index contributed by atoms with van der Waals surface area (Å²) < 4.78 is 7.28. The Bertz CT molecular complexity index is 637. The molecule has 2 rings (SSSR count). The summed E-state index contributed by atoms with van der Waals surface area (Å²) in [6.45, 7) is 0. The first-order valence-corrected chi connectivity index (χ1v) is 6.89. The summed E-state index contributed by atoms with van der Waals surface area (Å²) in [5.41, 5.74) is 0.566. The Kier molecular flexibility index (Phi) is 4.28. The average molecular weight is 387 g/mol. The van der Waals surface area contributed by atoms with E-state index < -0.39 is 0 Å². The van der Waals surface area contributed by atoms with Gasteiger partial charge in [-0.1, -0.05) is 27.5 Å². The van der Waals surface area contributed by atoms with E-state index in [9.17, 15) is 0 Å². The van der Waals surface area contributed by atoms with E-state index in [1.165, 1.54) is 0 Å². The molecule has 2 aromatic carbocycles. The fraction of sp³-hybridized carbons (Fsp3) is 0. The number of rotatable bonds is 2. The second kappa shape index (κ2) is 5.75. The van der Waals surface area contributed by atoms with Gasteiger partial charge < -0.3 is 4.74 Å². The van der Waals surface area contributed by atoms with Gasteiger partial charge in [0.15, 0.2) is 0 Å². The summed E-state index contributed by atoms with van der Waals surface area (Å²) in [7, 11) is 0. The number of hydrogen-bond acceptors (Lipinski definition) is 2. The van der Waals surface area contributed by atoms with Gasteiger partial charge in [0.1, 0.15) is 11.5 Å². The Balaban J connectivity index is 2.32. The van der Waals surface area contributed by atoms with Crippen molar-refractivity contribution in [3.05, 3.63) is 55.9 Å². The molecule has 0 atom stereocenters. The topological polar surface area (TPSA) is 33.0 Å². The lowest BCUT2D eigenvalue weighted by Crippen LogP contribution is -1.87. The summed E-state index contributed by atoms with van der Waals surface area (Å²) in [6.07, 6.45) is 0. The molecule has 0 radical (unpaired) electrons. The molecule has 0 saturated carbocycles. The third-order valence-corrected chi connectivity index (χ3v) is 3.58. The molecule has 0 heterocycles. The van der Waals surface area contributed by atoms with E-state index in [-0.39, 0.29) is 0 Å². The molecule has 0 unspecified atom stereocenters. The Morgan fingerprint density at radius 2 is 1.78 bits per heavy atom. The van der Waals surface area contributed by atoms with Crippen LogP contribution in [0.15, 0.2) is 45.3 Å². The summed E-state index contributed by atoms with van der Waals surface area (Å²) in [5, 5.41) is 9.29. The maximum Gasteiger partial charge on any atom is 0.146 e. The third-order valence-electron chi connectivity index (χ3n) is 2.17. The van der Waals surface area contributed by atoms with Gasteiger partial charge in [0.2, 0.25) is 0 Å². The number of hydrogen-bond donors (Lipinski definition) is 0. The van der Waals surface area contributed by atoms with Gasteiger partial charge >= 0.3 is 0 Å². The largest absolute Gasteiger partial charge is 0.455 e. The van der Waals surface area contributed by atoms with Crippen molar-refractivity contribution in [3.8, 4) is 17.6 Å². The lowest BCUT2D eigenvalue weighted by molar-refractivity contribution is 0.480. The van der Waals surface area contributed by atoms with Crippen molar-refractivity contribution in [1.82, 2.24) is 0 Å². The van der Waals surface area contributed by atoms with Crippen LogP contribution in [0, 0.1) is 11.3 Å². The van der Waals surface area contributed by atoms with Gasteiger partial charge in [-0.3, -0.25) is 0 Å². The van der Waals surface area contributed by atoms with Crippen LogP contribution in [0.25, 0.3) is 0 Å². The van der Waals surface area contributed by atoms with Crippen LogP contribution in [0.2, 0.25) is 5.02 Å². The Morgan fingerprint density at radius 3 is 2.39 bits per heavy atom. The number of nitrogens with zero attached hydrogens (tertiary/aromatic N) is 1. The van der Waals surface area contributed by atoms with Gasteiger partial charge in [0, 0.05) is 4.47 Å². The summed E-state index contributed by atoms with van der Waals surface area (Å²) in [6, 6.07) is 12.5. The lowest BCUT2D eigenvalue weighted by Gasteiger charge is -2.09. The van der Waals surface area contributed by atoms with E-state index >= 15 is 0 Å². The van der Waals surface area contributed by atoms with Crippen LogP contribution in [0.5, 0.6) is 11.5 Å². The molecule has 2 nitrogen and oxygen atoms in total. The molecule has 0 amide bonds.